The number of halogens is 2. The second-order valence-corrected chi connectivity index (χ2v) is 3.82. The minimum absolute atomic E-state index is 0.233. The lowest BCUT2D eigenvalue weighted by atomic mass is 10.2. The van der Waals surface area contributed by atoms with Crippen LogP contribution in [0.4, 0.5) is 0 Å². The van der Waals surface area contributed by atoms with Gasteiger partial charge in [-0.2, -0.15) is 0 Å². The Kier molecular flexibility index (Phi) is 3.50. The molecule has 0 aliphatic rings. The molecule has 12 heavy (non-hydrogen) atoms. The van der Waals surface area contributed by atoms with Crippen LogP contribution >= 0.6 is 27.5 Å². The third-order valence-corrected chi connectivity index (χ3v) is 2.52. The first-order valence-electron chi connectivity index (χ1n) is 3.63. The van der Waals surface area contributed by atoms with Crippen molar-refractivity contribution in [2.75, 3.05) is 7.05 Å². The summed E-state index contributed by atoms with van der Waals surface area (Å²) in [6, 6.07) is 2.08. The van der Waals surface area contributed by atoms with E-state index in [-0.39, 0.29) is 6.04 Å². The Hall–Kier alpha value is -0.120. The summed E-state index contributed by atoms with van der Waals surface area (Å²) in [5, 5.41) is 3.75. The van der Waals surface area contributed by atoms with E-state index in [1.54, 1.807) is 6.20 Å². The standard InChI is InChI=1S/C8H10BrClN2/c1-5(11-2)8-7(9)3-6(10)4-12-8/h3-5,11H,1-2H3/t5-/m0/s1. The van der Waals surface area contributed by atoms with Gasteiger partial charge in [-0.3, -0.25) is 4.98 Å². The van der Waals surface area contributed by atoms with Crippen molar-refractivity contribution < 1.29 is 0 Å². The number of nitrogens with one attached hydrogen (secondary N) is 1. The van der Waals surface area contributed by atoms with Gasteiger partial charge in [0.2, 0.25) is 0 Å². The highest BCUT2D eigenvalue weighted by molar-refractivity contribution is 9.10. The molecule has 1 rings (SSSR count). The molecule has 1 atom stereocenters. The molecule has 0 aliphatic carbocycles. The molecule has 0 radical (unpaired) electrons. The van der Waals surface area contributed by atoms with E-state index in [0.29, 0.717) is 5.02 Å². The summed E-state index contributed by atoms with van der Waals surface area (Å²) >= 11 is 9.15. The quantitative estimate of drug-likeness (QED) is 0.872. The number of rotatable bonds is 2. The molecule has 0 fully saturated rings. The molecule has 1 heterocycles. The summed E-state index contributed by atoms with van der Waals surface area (Å²) in [6.07, 6.45) is 1.65. The molecule has 1 N–H and O–H groups in total. The maximum absolute atomic E-state index is 5.75. The van der Waals surface area contributed by atoms with Gasteiger partial charge in [-0.15, -0.1) is 0 Å². The van der Waals surface area contributed by atoms with Crippen LogP contribution in [0.15, 0.2) is 16.7 Å². The number of nitrogens with zero attached hydrogens (tertiary/aromatic N) is 1. The van der Waals surface area contributed by atoms with Gasteiger partial charge in [0, 0.05) is 16.7 Å². The topological polar surface area (TPSA) is 24.9 Å². The monoisotopic (exact) mass is 248 g/mol. The van der Waals surface area contributed by atoms with Gasteiger partial charge < -0.3 is 5.32 Å². The predicted octanol–water partition coefficient (Wildman–Crippen LogP) is 2.78. The molecule has 66 valence electrons. The van der Waals surface area contributed by atoms with Crippen molar-refractivity contribution in [2.45, 2.75) is 13.0 Å². The summed E-state index contributed by atoms with van der Waals surface area (Å²) in [5.74, 6) is 0. The summed E-state index contributed by atoms with van der Waals surface area (Å²) in [6.45, 7) is 2.04. The highest BCUT2D eigenvalue weighted by Gasteiger charge is 2.08. The van der Waals surface area contributed by atoms with E-state index in [1.165, 1.54) is 0 Å². The average Bonchev–Trinajstić information content (AvgIpc) is 2.03. The van der Waals surface area contributed by atoms with Crippen LogP contribution < -0.4 is 5.32 Å². The molecule has 1 aromatic rings. The van der Waals surface area contributed by atoms with Crippen LogP contribution in [0.2, 0.25) is 5.02 Å². The molecule has 4 heteroatoms. The van der Waals surface area contributed by atoms with Gasteiger partial charge >= 0.3 is 0 Å². The van der Waals surface area contributed by atoms with E-state index in [2.05, 4.69) is 26.2 Å². The summed E-state index contributed by atoms with van der Waals surface area (Å²) in [7, 11) is 1.90. The van der Waals surface area contributed by atoms with Crippen LogP contribution in [0.25, 0.3) is 0 Å². The Morgan fingerprint density at radius 2 is 2.33 bits per heavy atom. The van der Waals surface area contributed by atoms with E-state index in [1.807, 2.05) is 20.0 Å². The third-order valence-electron chi connectivity index (χ3n) is 1.68. The van der Waals surface area contributed by atoms with Crippen LogP contribution in [0, 0.1) is 0 Å². The summed E-state index contributed by atoms with van der Waals surface area (Å²) < 4.78 is 0.942. The van der Waals surface area contributed by atoms with Gasteiger partial charge in [0.1, 0.15) is 0 Å². The Balaban J connectivity index is 3.01. The maximum atomic E-state index is 5.75. The number of aromatic nitrogens is 1. The first-order chi connectivity index (χ1) is 5.65. The zero-order valence-corrected chi connectivity index (χ0v) is 9.28. The van der Waals surface area contributed by atoms with E-state index in [4.69, 9.17) is 11.6 Å². The average molecular weight is 250 g/mol. The molecular formula is C8H10BrClN2. The highest BCUT2D eigenvalue weighted by Crippen LogP contribution is 2.23. The molecule has 0 unspecified atom stereocenters. The highest BCUT2D eigenvalue weighted by atomic mass is 79.9. The molecule has 0 spiro atoms. The summed E-state index contributed by atoms with van der Waals surface area (Å²) in [4.78, 5) is 4.21. The van der Waals surface area contributed by atoms with Gasteiger partial charge in [0.15, 0.2) is 0 Å². The van der Waals surface area contributed by atoms with Crippen LogP contribution in [-0.2, 0) is 0 Å². The Morgan fingerprint density at radius 1 is 1.67 bits per heavy atom. The first-order valence-corrected chi connectivity index (χ1v) is 4.80. The molecule has 0 saturated heterocycles. The van der Waals surface area contributed by atoms with E-state index in [9.17, 15) is 0 Å². The third kappa shape index (κ3) is 2.19. The predicted molar refractivity (Wildman–Crippen MR) is 54.4 cm³/mol. The van der Waals surface area contributed by atoms with Gasteiger partial charge in [0.05, 0.1) is 10.7 Å². The summed E-state index contributed by atoms with van der Waals surface area (Å²) in [5.41, 5.74) is 0.974. The molecule has 0 aliphatic heterocycles. The number of hydrogen-bond acceptors (Lipinski definition) is 2. The molecule has 0 saturated carbocycles. The Morgan fingerprint density at radius 3 is 2.83 bits per heavy atom. The van der Waals surface area contributed by atoms with E-state index < -0.39 is 0 Å². The molecule has 0 aromatic carbocycles. The zero-order chi connectivity index (χ0) is 9.14. The SMILES string of the molecule is CN[C@@H](C)c1ncc(Cl)cc1Br. The first kappa shape index (κ1) is 9.96. The van der Waals surface area contributed by atoms with Gasteiger partial charge in [-0.05, 0) is 36.0 Å². The van der Waals surface area contributed by atoms with Gasteiger partial charge in [-0.1, -0.05) is 11.6 Å². The second-order valence-electron chi connectivity index (χ2n) is 2.53. The zero-order valence-electron chi connectivity index (χ0n) is 6.94. The molecule has 1 aromatic heterocycles. The largest absolute Gasteiger partial charge is 0.312 e. The normalized spacial score (nSPS) is 13.0. The van der Waals surface area contributed by atoms with Crippen LogP contribution in [0.5, 0.6) is 0 Å². The molecular weight excluding hydrogens is 239 g/mol. The number of hydrogen-bond donors (Lipinski definition) is 1. The van der Waals surface area contributed by atoms with Crippen LogP contribution in [-0.4, -0.2) is 12.0 Å². The fourth-order valence-corrected chi connectivity index (χ4v) is 1.86. The Labute approximate surface area is 85.5 Å². The Bertz CT molecular complexity index is 278. The van der Waals surface area contributed by atoms with E-state index in [0.717, 1.165) is 10.2 Å². The fraction of sp³-hybridized carbons (Fsp3) is 0.375. The molecule has 0 bridgehead atoms. The van der Waals surface area contributed by atoms with Crippen molar-refractivity contribution in [2.24, 2.45) is 0 Å². The smallest absolute Gasteiger partial charge is 0.0713 e. The lowest BCUT2D eigenvalue weighted by Gasteiger charge is -2.10. The van der Waals surface area contributed by atoms with E-state index >= 15 is 0 Å². The van der Waals surface area contributed by atoms with Gasteiger partial charge in [-0.25, -0.2) is 0 Å². The van der Waals surface area contributed by atoms with Crippen molar-refractivity contribution in [1.82, 2.24) is 10.3 Å². The van der Waals surface area contributed by atoms with Crippen LogP contribution in [0.3, 0.4) is 0 Å². The lowest BCUT2D eigenvalue weighted by molar-refractivity contribution is 0.630. The van der Waals surface area contributed by atoms with Crippen LogP contribution in [0.1, 0.15) is 18.7 Å². The van der Waals surface area contributed by atoms with Gasteiger partial charge in [0.25, 0.3) is 0 Å². The molecule has 0 amide bonds. The minimum Gasteiger partial charge on any atom is -0.312 e. The lowest BCUT2D eigenvalue weighted by Crippen LogP contribution is -2.14. The fourth-order valence-electron chi connectivity index (χ4n) is 0.880. The maximum Gasteiger partial charge on any atom is 0.0713 e. The number of pyridine rings is 1. The van der Waals surface area contributed by atoms with Crippen molar-refractivity contribution in [3.05, 3.63) is 27.5 Å². The van der Waals surface area contributed by atoms with Crippen molar-refractivity contribution in [1.29, 1.82) is 0 Å². The molecule has 2 nitrogen and oxygen atoms in total. The second kappa shape index (κ2) is 4.21. The van der Waals surface area contributed by atoms with Crippen molar-refractivity contribution >= 4 is 27.5 Å². The van der Waals surface area contributed by atoms with Crippen molar-refractivity contribution in [3.8, 4) is 0 Å². The van der Waals surface area contributed by atoms with Crippen molar-refractivity contribution in [3.63, 3.8) is 0 Å². The minimum atomic E-state index is 0.233.